The van der Waals surface area contributed by atoms with Crippen molar-refractivity contribution in [1.29, 1.82) is 0 Å². The van der Waals surface area contributed by atoms with Gasteiger partial charge in [0.25, 0.3) is 0 Å². The summed E-state index contributed by atoms with van der Waals surface area (Å²) < 4.78 is 11.3. The number of anilines is 2. The van der Waals surface area contributed by atoms with Crippen molar-refractivity contribution in [2.75, 3.05) is 43.1 Å². The molecule has 146 valence electrons. The molecule has 0 aromatic heterocycles. The second-order valence-corrected chi connectivity index (χ2v) is 6.88. The average Bonchev–Trinajstić information content (AvgIpc) is 2.60. The van der Waals surface area contributed by atoms with E-state index in [0.717, 1.165) is 50.3 Å². The second kappa shape index (κ2) is 11.0. The Bertz CT molecular complexity index is 543. The fourth-order valence-corrected chi connectivity index (χ4v) is 3.12. The van der Waals surface area contributed by atoms with E-state index in [4.69, 9.17) is 9.47 Å². The maximum atomic E-state index is 12.2. The van der Waals surface area contributed by atoms with E-state index in [2.05, 4.69) is 36.3 Å². The molecule has 2 N–H and O–H groups in total. The van der Waals surface area contributed by atoms with E-state index in [9.17, 15) is 4.79 Å². The molecule has 1 heterocycles. The fraction of sp³-hybridized carbons (Fsp3) is 0.650. The zero-order valence-corrected chi connectivity index (χ0v) is 16.3. The average molecular weight is 364 g/mol. The molecule has 0 spiro atoms. The normalized spacial score (nSPS) is 20.0. The predicted octanol–water partition coefficient (Wildman–Crippen LogP) is 3.63. The van der Waals surface area contributed by atoms with Crippen LogP contribution in [-0.4, -0.2) is 51.1 Å². The number of unbranched alkanes of at least 4 members (excludes halogenated alkanes) is 1. The van der Waals surface area contributed by atoms with Gasteiger partial charge < -0.3 is 25.0 Å². The standard InChI is InChI=1S/C20H33N3O3/c1-4-5-12-25-13-8-11-21-20(24)22-18-9-6-7-10-19(18)23-14-16(2)26-17(3)15-23/h6-7,9-10,16-17H,4-5,8,11-15H2,1-3H3,(H2,21,22,24). The minimum atomic E-state index is -0.180. The van der Waals surface area contributed by atoms with Gasteiger partial charge >= 0.3 is 6.03 Å². The minimum Gasteiger partial charge on any atom is -0.381 e. The first-order valence-corrected chi connectivity index (χ1v) is 9.72. The van der Waals surface area contributed by atoms with Gasteiger partial charge in [0.1, 0.15) is 0 Å². The van der Waals surface area contributed by atoms with Crippen molar-refractivity contribution in [2.45, 2.75) is 52.2 Å². The SMILES string of the molecule is CCCCOCCCNC(=O)Nc1ccccc1N1CC(C)OC(C)C1. The lowest BCUT2D eigenvalue weighted by Crippen LogP contribution is -2.45. The molecule has 26 heavy (non-hydrogen) atoms. The number of hydrogen-bond acceptors (Lipinski definition) is 4. The third-order valence-corrected chi connectivity index (χ3v) is 4.31. The molecule has 1 aromatic rings. The molecule has 0 aliphatic carbocycles. The molecule has 6 heteroatoms. The highest BCUT2D eigenvalue weighted by molar-refractivity contribution is 5.93. The molecule has 2 atom stereocenters. The monoisotopic (exact) mass is 363 g/mol. The van der Waals surface area contributed by atoms with Crippen molar-refractivity contribution in [3.05, 3.63) is 24.3 Å². The zero-order chi connectivity index (χ0) is 18.8. The quantitative estimate of drug-likeness (QED) is 0.658. The van der Waals surface area contributed by atoms with Crippen LogP contribution < -0.4 is 15.5 Å². The van der Waals surface area contributed by atoms with Crippen molar-refractivity contribution in [1.82, 2.24) is 5.32 Å². The maximum Gasteiger partial charge on any atom is 0.319 e. The maximum absolute atomic E-state index is 12.2. The molecular formula is C20H33N3O3. The number of carbonyl (C=O) groups is 1. The lowest BCUT2D eigenvalue weighted by atomic mass is 10.1. The van der Waals surface area contributed by atoms with Crippen LogP contribution in [0.2, 0.25) is 0 Å². The van der Waals surface area contributed by atoms with E-state index in [1.807, 2.05) is 24.3 Å². The molecule has 1 aliphatic rings. The first-order valence-electron chi connectivity index (χ1n) is 9.72. The number of carbonyl (C=O) groups excluding carboxylic acids is 1. The summed E-state index contributed by atoms with van der Waals surface area (Å²) in [6.07, 6.45) is 3.39. The Morgan fingerprint density at radius 3 is 2.62 bits per heavy atom. The second-order valence-electron chi connectivity index (χ2n) is 6.88. The molecule has 2 amide bonds. The summed E-state index contributed by atoms with van der Waals surface area (Å²) in [5.74, 6) is 0. The van der Waals surface area contributed by atoms with Crippen molar-refractivity contribution in [3.8, 4) is 0 Å². The molecule has 1 fully saturated rings. The number of nitrogens with one attached hydrogen (secondary N) is 2. The van der Waals surface area contributed by atoms with Gasteiger partial charge in [-0.15, -0.1) is 0 Å². The van der Waals surface area contributed by atoms with Crippen LogP contribution in [0.5, 0.6) is 0 Å². The molecule has 2 unspecified atom stereocenters. The summed E-state index contributed by atoms with van der Waals surface area (Å²) >= 11 is 0. The first-order chi connectivity index (χ1) is 12.6. The first kappa shape index (κ1) is 20.5. The Labute approximate surface area is 157 Å². The highest BCUT2D eigenvalue weighted by atomic mass is 16.5. The molecular weight excluding hydrogens is 330 g/mol. The summed E-state index contributed by atoms with van der Waals surface area (Å²) in [6.45, 7) is 10.0. The van der Waals surface area contributed by atoms with Gasteiger partial charge in [-0.2, -0.15) is 0 Å². The number of urea groups is 1. The number of amides is 2. The van der Waals surface area contributed by atoms with Crippen molar-refractivity contribution in [2.24, 2.45) is 0 Å². The number of benzene rings is 1. The molecule has 6 nitrogen and oxygen atoms in total. The topological polar surface area (TPSA) is 62.8 Å². The van der Waals surface area contributed by atoms with Crippen LogP contribution in [0.15, 0.2) is 24.3 Å². The summed E-state index contributed by atoms with van der Waals surface area (Å²) in [7, 11) is 0. The van der Waals surface area contributed by atoms with Crippen molar-refractivity contribution >= 4 is 17.4 Å². The van der Waals surface area contributed by atoms with Gasteiger partial charge in [0.05, 0.1) is 23.6 Å². The molecule has 1 saturated heterocycles. The Balaban J connectivity index is 1.81. The predicted molar refractivity (Wildman–Crippen MR) is 106 cm³/mol. The van der Waals surface area contributed by atoms with E-state index < -0.39 is 0 Å². The van der Waals surface area contributed by atoms with Crippen LogP contribution in [0, 0.1) is 0 Å². The highest BCUT2D eigenvalue weighted by Crippen LogP contribution is 2.28. The lowest BCUT2D eigenvalue weighted by molar-refractivity contribution is -0.00517. The smallest absolute Gasteiger partial charge is 0.319 e. The number of nitrogens with zero attached hydrogens (tertiary/aromatic N) is 1. The number of hydrogen-bond donors (Lipinski definition) is 2. The fourth-order valence-electron chi connectivity index (χ4n) is 3.12. The van der Waals surface area contributed by atoms with E-state index in [1.54, 1.807) is 0 Å². The highest BCUT2D eigenvalue weighted by Gasteiger charge is 2.24. The van der Waals surface area contributed by atoms with Crippen LogP contribution in [0.1, 0.15) is 40.0 Å². The van der Waals surface area contributed by atoms with Crippen LogP contribution in [0.25, 0.3) is 0 Å². The third kappa shape index (κ3) is 6.84. The Morgan fingerprint density at radius 2 is 1.88 bits per heavy atom. The van der Waals surface area contributed by atoms with Gasteiger partial charge in [-0.25, -0.2) is 4.79 Å². The largest absolute Gasteiger partial charge is 0.381 e. The molecule has 0 radical (unpaired) electrons. The molecule has 2 rings (SSSR count). The van der Waals surface area contributed by atoms with E-state index in [0.29, 0.717) is 13.2 Å². The van der Waals surface area contributed by atoms with Gasteiger partial charge in [0, 0.05) is 32.8 Å². The molecule has 0 saturated carbocycles. The number of morpholine rings is 1. The lowest BCUT2D eigenvalue weighted by Gasteiger charge is -2.37. The van der Waals surface area contributed by atoms with Gasteiger partial charge in [0.15, 0.2) is 0 Å². The van der Waals surface area contributed by atoms with Gasteiger partial charge in [0.2, 0.25) is 0 Å². The van der Waals surface area contributed by atoms with Gasteiger partial charge in [-0.3, -0.25) is 0 Å². The summed E-state index contributed by atoms with van der Waals surface area (Å²) in [5, 5.41) is 5.87. The zero-order valence-electron chi connectivity index (χ0n) is 16.3. The van der Waals surface area contributed by atoms with Crippen LogP contribution in [-0.2, 0) is 9.47 Å². The van der Waals surface area contributed by atoms with Crippen LogP contribution in [0.4, 0.5) is 16.2 Å². The van der Waals surface area contributed by atoms with E-state index >= 15 is 0 Å². The van der Waals surface area contributed by atoms with E-state index in [-0.39, 0.29) is 18.2 Å². The number of para-hydroxylation sites is 2. The van der Waals surface area contributed by atoms with Crippen molar-refractivity contribution in [3.63, 3.8) is 0 Å². The molecule has 1 aliphatic heterocycles. The number of rotatable bonds is 9. The summed E-state index contributed by atoms with van der Waals surface area (Å²) in [4.78, 5) is 14.5. The minimum absolute atomic E-state index is 0.174. The van der Waals surface area contributed by atoms with E-state index in [1.165, 1.54) is 0 Å². The summed E-state index contributed by atoms with van der Waals surface area (Å²) in [6, 6.07) is 7.74. The summed E-state index contributed by atoms with van der Waals surface area (Å²) in [5.41, 5.74) is 1.86. The van der Waals surface area contributed by atoms with Gasteiger partial charge in [-0.1, -0.05) is 25.5 Å². The Hall–Kier alpha value is -1.79. The molecule has 1 aromatic carbocycles. The Morgan fingerprint density at radius 1 is 1.19 bits per heavy atom. The van der Waals surface area contributed by atoms with Crippen LogP contribution >= 0.6 is 0 Å². The Kier molecular flexibility index (Phi) is 8.71. The van der Waals surface area contributed by atoms with Gasteiger partial charge in [-0.05, 0) is 38.8 Å². The third-order valence-electron chi connectivity index (χ3n) is 4.31. The van der Waals surface area contributed by atoms with Crippen molar-refractivity contribution < 1.29 is 14.3 Å². The molecule has 0 bridgehead atoms. The van der Waals surface area contributed by atoms with Crippen LogP contribution in [0.3, 0.4) is 0 Å². The number of ether oxygens (including phenoxy) is 2.